The molecule has 0 aliphatic heterocycles. The first-order valence-electron chi connectivity index (χ1n) is 4.49. The molecule has 8 heteroatoms. The zero-order valence-corrected chi connectivity index (χ0v) is 12.1. The van der Waals surface area contributed by atoms with E-state index in [0.29, 0.717) is 0 Å². The van der Waals surface area contributed by atoms with Gasteiger partial charge in [-0.3, -0.25) is 20.7 Å². The van der Waals surface area contributed by atoms with Gasteiger partial charge in [0.15, 0.2) is 5.89 Å². The van der Waals surface area contributed by atoms with E-state index in [0.717, 1.165) is 20.1 Å². The fourth-order valence-electron chi connectivity index (χ4n) is 0.135. The van der Waals surface area contributed by atoms with Crippen molar-refractivity contribution in [1.82, 2.24) is 0 Å². The Hall–Kier alpha value is -0.284. The van der Waals surface area contributed by atoms with Crippen LogP contribution in [0.25, 0.3) is 0 Å². The predicted octanol–water partition coefficient (Wildman–Crippen LogP) is -3.39. The fourth-order valence-corrected chi connectivity index (χ4v) is 0.135. The number of carboxylic acid groups (broad SMARTS) is 3. The van der Waals surface area contributed by atoms with E-state index in [-0.39, 0.29) is 51.4 Å². The van der Waals surface area contributed by atoms with Crippen LogP contribution in [0.1, 0.15) is 16.6 Å². The molecule has 1 atom stereocenters. The van der Waals surface area contributed by atoms with Crippen LogP contribution in [0.4, 0.5) is 0 Å². The van der Waals surface area contributed by atoms with Crippen molar-refractivity contribution in [2.75, 3.05) is 0 Å². The summed E-state index contributed by atoms with van der Waals surface area (Å²) in [6, 6.07) is 0. The largest absolute Gasteiger partial charge is 1.00 e. The zero-order valence-electron chi connectivity index (χ0n) is 11.0. The van der Waals surface area contributed by atoms with Crippen LogP contribution in [0.15, 0.2) is 0 Å². The van der Waals surface area contributed by atoms with Gasteiger partial charge in [0.1, 0.15) is 0 Å². The molecule has 0 aromatic rings. The maximum atomic E-state index is 9.89. The molecule has 0 saturated heterocycles. The molecule has 0 radical (unpaired) electrons. The van der Waals surface area contributed by atoms with Crippen LogP contribution in [-0.4, -0.2) is 39.5 Å². The van der Waals surface area contributed by atoms with Crippen molar-refractivity contribution in [3.63, 3.8) is 0 Å². The third-order valence-electron chi connectivity index (χ3n) is 1.12. The molecule has 0 amide bonds. The van der Waals surface area contributed by atoms with Gasteiger partial charge in [-0.1, -0.05) is 6.92 Å². The number of hydrogen-bond donors (Lipinski definition) is 3. The quantitative estimate of drug-likeness (QED) is 0.273. The summed E-state index contributed by atoms with van der Waals surface area (Å²) in [5, 5.41) is 24.1. The molecule has 0 aromatic heterocycles. The average molecular weight is 260 g/mol. The number of carbonyl (C=O) groups is 3. The molecule has 0 saturated carbocycles. The molecule has 0 fully saturated rings. The first-order chi connectivity index (χ1) is 7.39. The number of rotatable bonds is 4. The van der Waals surface area contributed by atoms with Gasteiger partial charge in [-0.25, -0.2) is 0 Å². The Morgan fingerprint density at radius 3 is 1.38 bits per heavy atom. The van der Waals surface area contributed by atoms with Gasteiger partial charge in [-0.2, -0.15) is 0 Å². The van der Waals surface area contributed by atoms with Crippen LogP contribution in [0.2, 0.25) is 0 Å². The van der Waals surface area contributed by atoms with Gasteiger partial charge in [0, 0.05) is 1.37 Å². The second-order valence-electron chi connectivity index (χ2n) is 2.27. The third kappa shape index (κ3) is 11.8. The number of hydrogen-bond acceptors (Lipinski definition) is 4. The van der Waals surface area contributed by atoms with Crippen molar-refractivity contribution < 1.29 is 88.6 Å². The van der Waals surface area contributed by atoms with Gasteiger partial charge < -0.3 is 20.1 Å². The molecule has 1 unspecified atom stereocenters. The summed E-state index contributed by atoms with van der Waals surface area (Å²) in [7, 11) is 0. The molecule has 7 nitrogen and oxygen atoms in total. The first kappa shape index (κ1) is 15.7. The van der Waals surface area contributed by atoms with Crippen LogP contribution in [0.3, 0.4) is 0 Å². The summed E-state index contributed by atoms with van der Waals surface area (Å²) in [6.45, 7) is 1.76. The monoisotopic (exact) mass is 260 g/mol. The molecule has 16 heavy (non-hydrogen) atoms. The Morgan fingerprint density at radius 1 is 1.06 bits per heavy atom. The Kier molecular flexibility index (Phi) is 11.0. The molecule has 86 valence electrons. The van der Waals surface area contributed by atoms with Crippen molar-refractivity contribution in [1.29, 1.82) is 0 Å². The van der Waals surface area contributed by atoms with Crippen molar-refractivity contribution in [2.24, 2.45) is 11.8 Å². The van der Waals surface area contributed by atoms with Gasteiger partial charge in [0.25, 0.3) is 5.97 Å². The van der Waals surface area contributed by atoms with Crippen LogP contribution in [-0.2, 0) is 19.2 Å². The molecule has 3 N–H and O–H groups in total. The molecule has 0 rings (SSSR count). The van der Waals surface area contributed by atoms with Crippen LogP contribution in [0, 0.1) is 11.8 Å². The maximum absolute atomic E-state index is 9.89. The smallest absolute Gasteiger partial charge is 0.541 e. The van der Waals surface area contributed by atoms with E-state index in [1.807, 2.05) is 0 Å². The predicted molar refractivity (Wildman–Crippen MR) is 46.9 cm³/mol. The van der Waals surface area contributed by atoms with Gasteiger partial charge in [-0.15, -0.1) is 0 Å². The fraction of sp³-hybridized carbons (Fsp3) is 0.500. The topological polar surface area (TPSA) is 129 Å². The molecule has 0 aliphatic rings. The van der Waals surface area contributed by atoms with Crippen LogP contribution in [0.5, 0.6) is 0 Å². The first-order valence-corrected chi connectivity index (χ1v) is 3.49. The normalized spacial score (nSPS) is 14.6. The van der Waals surface area contributed by atoms with Gasteiger partial charge in [-0.05, 0) is 12.8 Å². The SMILES string of the molecule is [2H]C(C)(C(=O)O)C(=O)O.[2H]C(C)([C-]=O)C(=O)O.[K+]. The van der Waals surface area contributed by atoms with E-state index in [2.05, 4.69) is 0 Å². The second-order valence-corrected chi connectivity index (χ2v) is 2.27. The summed E-state index contributed by atoms with van der Waals surface area (Å²) in [5.41, 5.74) is 0. The Labute approximate surface area is 137 Å². The number of carbonyl (C=O) groups excluding carboxylic acids is 1. The van der Waals surface area contributed by atoms with E-state index in [4.69, 9.17) is 18.1 Å². The molecule has 0 spiro atoms. The summed E-state index contributed by atoms with van der Waals surface area (Å²) >= 11 is 0. The van der Waals surface area contributed by atoms with E-state index in [1.165, 1.54) is 0 Å². The summed E-state index contributed by atoms with van der Waals surface area (Å²) in [4.78, 5) is 39.2. The Morgan fingerprint density at radius 2 is 1.38 bits per heavy atom. The Balaban J connectivity index is -0.000000238. The molecule has 0 aromatic carbocycles. The van der Waals surface area contributed by atoms with Crippen molar-refractivity contribution in [2.45, 2.75) is 13.8 Å². The standard InChI is InChI=1S/C4H6O4.C4H5O3.K/c1-2(3(5)6)4(7)8;1-3(2-5)4(6)7;/h2H,1H3,(H,5,6)(H,7,8);3H,1H3,(H,6,7);/q;-1;+1/i2D;3D;. The molecule has 0 heterocycles. The zero-order chi connectivity index (χ0) is 14.4. The minimum Gasteiger partial charge on any atom is -0.541 e. The minimum atomic E-state index is -2.42. The van der Waals surface area contributed by atoms with Crippen molar-refractivity contribution >= 4 is 24.2 Å². The molecular weight excluding hydrogens is 247 g/mol. The number of aliphatic carboxylic acids is 3. The molecule has 0 aliphatic carbocycles. The minimum absolute atomic E-state index is 0. The second kappa shape index (κ2) is 11.2. The summed E-state index contributed by atoms with van der Waals surface area (Å²) in [6.07, 6.45) is 1.06. The van der Waals surface area contributed by atoms with E-state index < -0.39 is 29.7 Å². The van der Waals surface area contributed by atoms with Crippen molar-refractivity contribution in [3.05, 3.63) is 0 Å². The van der Waals surface area contributed by atoms with Gasteiger partial charge in [0.05, 0.1) is 1.37 Å². The van der Waals surface area contributed by atoms with E-state index in [9.17, 15) is 19.2 Å². The summed E-state index contributed by atoms with van der Waals surface area (Å²) < 4.78 is 13.2. The summed E-state index contributed by atoms with van der Waals surface area (Å²) in [5.74, 6) is -9.31. The van der Waals surface area contributed by atoms with Gasteiger partial charge >= 0.3 is 63.3 Å². The average Bonchev–Trinajstić information content (AvgIpc) is 2.17. The number of carboxylic acids is 3. The maximum Gasteiger partial charge on any atom is 1.00 e. The molecular formula is C8H11KO7. The van der Waals surface area contributed by atoms with Crippen LogP contribution >= 0.6 is 0 Å². The van der Waals surface area contributed by atoms with Crippen LogP contribution < -0.4 is 51.4 Å². The van der Waals surface area contributed by atoms with Crippen molar-refractivity contribution in [3.8, 4) is 0 Å². The van der Waals surface area contributed by atoms with Gasteiger partial charge in [0.2, 0.25) is 0 Å². The van der Waals surface area contributed by atoms with E-state index in [1.54, 1.807) is 0 Å². The Bertz CT molecular complexity index is 324. The third-order valence-corrected chi connectivity index (χ3v) is 1.12. The molecule has 0 bridgehead atoms. The van der Waals surface area contributed by atoms with E-state index >= 15 is 0 Å².